The number of aromatic nitrogens is 4. The molecule has 2 aromatic heterocycles. The maximum Gasteiger partial charge on any atom is 0.269 e. The average molecular weight is 458 g/mol. The Balaban J connectivity index is 1.40. The fraction of sp³-hybridized carbons (Fsp3) is 0.105. The lowest BCUT2D eigenvalue weighted by atomic mass is 10.2. The molecular formula is C19H15FN6O5S. The Kier molecular flexibility index (Phi) is 5.75. The average Bonchev–Trinajstić information content (AvgIpc) is 3.20. The van der Waals surface area contributed by atoms with Gasteiger partial charge >= 0.3 is 0 Å². The van der Waals surface area contributed by atoms with Crippen molar-refractivity contribution in [2.24, 2.45) is 0 Å². The molecule has 2 aromatic carbocycles. The molecule has 0 saturated heterocycles. The van der Waals surface area contributed by atoms with Gasteiger partial charge in [-0.05, 0) is 42.5 Å². The number of sulfonamides is 1. The Hall–Kier alpha value is -3.97. The summed E-state index contributed by atoms with van der Waals surface area (Å²) < 4.78 is 47.0. The molecule has 4 rings (SSSR count). The van der Waals surface area contributed by atoms with E-state index in [4.69, 9.17) is 4.74 Å². The zero-order valence-electron chi connectivity index (χ0n) is 16.3. The van der Waals surface area contributed by atoms with Gasteiger partial charge in [-0.15, -0.1) is 15.3 Å². The van der Waals surface area contributed by atoms with Crippen molar-refractivity contribution in [2.45, 2.75) is 4.90 Å². The van der Waals surface area contributed by atoms with E-state index in [0.29, 0.717) is 17.0 Å². The van der Waals surface area contributed by atoms with Crippen LogP contribution in [0.2, 0.25) is 0 Å². The SMILES string of the molecule is O=[N+]([O-])c1ccc(S(=O)(=O)NCCOc2ccc3nnc(-c4ccc(F)cc4)n3n2)cc1. The highest BCUT2D eigenvalue weighted by Gasteiger charge is 2.16. The second kappa shape index (κ2) is 8.64. The first-order valence-electron chi connectivity index (χ1n) is 9.19. The third-order valence-corrected chi connectivity index (χ3v) is 5.82. The lowest BCUT2D eigenvalue weighted by molar-refractivity contribution is -0.384. The van der Waals surface area contributed by atoms with Gasteiger partial charge in [0.05, 0.1) is 9.82 Å². The number of rotatable bonds is 8. The third kappa shape index (κ3) is 4.53. The molecule has 0 atom stereocenters. The number of nitrogens with zero attached hydrogens (tertiary/aromatic N) is 5. The minimum Gasteiger partial charge on any atom is -0.475 e. The summed E-state index contributed by atoms with van der Waals surface area (Å²) >= 11 is 0. The van der Waals surface area contributed by atoms with E-state index in [0.717, 1.165) is 24.3 Å². The Bertz CT molecular complexity index is 1370. The van der Waals surface area contributed by atoms with Gasteiger partial charge in [0.2, 0.25) is 15.9 Å². The van der Waals surface area contributed by atoms with Crippen molar-refractivity contribution in [3.8, 4) is 17.3 Å². The van der Waals surface area contributed by atoms with Crippen molar-refractivity contribution in [2.75, 3.05) is 13.2 Å². The van der Waals surface area contributed by atoms with Gasteiger partial charge in [0, 0.05) is 30.3 Å². The molecule has 0 saturated carbocycles. The third-order valence-electron chi connectivity index (χ3n) is 4.34. The predicted octanol–water partition coefficient (Wildman–Crippen LogP) is 2.20. The topological polar surface area (TPSA) is 142 Å². The fourth-order valence-corrected chi connectivity index (χ4v) is 3.80. The predicted molar refractivity (Wildman–Crippen MR) is 110 cm³/mol. The van der Waals surface area contributed by atoms with Crippen molar-refractivity contribution in [3.63, 3.8) is 0 Å². The molecule has 0 radical (unpaired) electrons. The van der Waals surface area contributed by atoms with Crippen LogP contribution in [0.1, 0.15) is 0 Å². The number of nitrogens with one attached hydrogen (secondary N) is 1. The molecule has 0 aliphatic heterocycles. The summed E-state index contributed by atoms with van der Waals surface area (Å²) in [5, 5.41) is 23.0. The Morgan fingerprint density at radius 2 is 1.75 bits per heavy atom. The molecular weight excluding hydrogens is 443 g/mol. The normalized spacial score (nSPS) is 11.5. The molecule has 0 spiro atoms. The zero-order valence-corrected chi connectivity index (χ0v) is 17.1. The van der Waals surface area contributed by atoms with Gasteiger partial charge in [0.15, 0.2) is 11.5 Å². The summed E-state index contributed by atoms with van der Waals surface area (Å²) in [5.41, 5.74) is 0.859. The van der Waals surface area contributed by atoms with E-state index in [2.05, 4.69) is 20.0 Å². The highest BCUT2D eigenvalue weighted by molar-refractivity contribution is 7.89. The molecule has 13 heteroatoms. The number of nitro groups is 1. The van der Waals surface area contributed by atoms with Crippen LogP contribution in [0, 0.1) is 15.9 Å². The smallest absolute Gasteiger partial charge is 0.269 e. The number of hydrogen-bond donors (Lipinski definition) is 1. The number of ether oxygens (including phenoxy) is 1. The second-order valence-electron chi connectivity index (χ2n) is 6.47. The highest BCUT2D eigenvalue weighted by Crippen LogP contribution is 2.19. The number of halogens is 1. The summed E-state index contributed by atoms with van der Waals surface area (Å²) in [7, 11) is -3.86. The van der Waals surface area contributed by atoms with Gasteiger partial charge in [0.25, 0.3) is 5.69 Å². The van der Waals surface area contributed by atoms with Gasteiger partial charge < -0.3 is 4.74 Å². The molecule has 0 bridgehead atoms. The summed E-state index contributed by atoms with van der Waals surface area (Å²) in [6.07, 6.45) is 0. The first-order chi connectivity index (χ1) is 15.3. The van der Waals surface area contributed by atoms with E-state index in [1.807, 2.05) is 0 Å². The molecule has 0 aliphatic rings. The Labute approximate surface area is 180 Å². The van der Waals surface area contributed by atoms with E-state index >= 15 is 0 Å². The van der Waals surface area contributed by atoms with Crippen molar-refractivity contribution in [1.29, 1.82) is 0 Å². The van der Waals surface area contributed by atoms with Crippen LogP contribution in [0.5, 0.6) is 5.88 Å². The van der Waals surface area contributed by atoms with Crippen molar-refractivity contribution < 1.29 is 22.5 Å². The minimum atomic E-state index is -3.86. The van der Waals surface area contributed by atoms with Gasteiger partial charge in [-0.1, -0.05) is 0 Å². The number of hydrogen-bond acceptors (Lipinski definition) is 8. The lowest BCUT2D eigenvalue weighted by Gasteiger charge is -2.08. The minimum absolute atomic E-state index is 0.0290. The molecule has 0 fully saturated rings. The summed E-state index contributed by atoms with van der Waals surface area (Å²) in [6.45, 7) is -0.0925. The van der Waals surface area contributed by atoms with E-state index in [1.165, 1.54) is 16.6 Å². The van der Waals surface area contributed by atoms with Crippen molar-refractivity contribution in [3.05, 3.63) is 76.6 Å². The molecule has 32 heavy (non-hydrogen) atoms. The van der Waals surface area contributed by atoms with Crippen LogP contribution in [-0.4, -0.2) is 46.3 Å². The van der Waals surface area contributed by atoms with E-state index in [1.54, 1.807) is 24.3 Å². The Morgan fingerprint density at radius 1 is 1.03 bits per heavy atom. The van der Waals surface area contributed by atoms with E-state index in [-0.39, 0.29) is 35.4 Å². The van der Waals surface area contributed by atoms with Crippen LogP contribution in [0.4, 0.5) is 10.1 Å². The zero-order chi connectivity index (χ0) is 22.7. The number of fused-ring (bicyclic) bond motifs is 1. The van der Waals surface area contributed by atoms with E-state index < -0.39 is 14.9 Å². The second-order valence-corrected chi connectivity index (χ2v) is 8.24. The van der Waals surface area contributed by atoms with Crippen LogP contribution in [-0.2, 0) is 10.0 Å². The van der Waals surface area contributed by atoms with Gasteiger partial charge in [-0.2, -0.15) is 4.52 Å². The lowest BCUT2D eigenvalue weighted by Crippen LogP contribution is -2.28. The number of benzene rings is 2. The molecule has 0 unspecified atom stereocenters. The van der Waals surface area contributed by atoms with E-state index in [9.17, 15) is 22.9 Å². The highest BCUT2D eigenvalue weighted by atomic mass is 32.2. The van der Waals surface area contributed by atoms with Gasteiger partial charge in [-0.25, -0.2) is 17.5 Å². The summed E-state index contributed by atoms with van der Waals surface area (Å²) in [6, 6.07) is 13.4. The first kappa shape index (κ1) is 21.3. The van der Waals surface area contributed by atoms with Crippen molar-refractivity contribution >= 4 is 21.4 Å². The Morgan fingerprint density at radius 3 is 2.44 bits per heavy atom. The number of non-ortho nitro benzene ring substituents is 1. The van der Waals surface area contributed by atoms with Gasteiger partial charge in [-0.3, -0.25) is 10.1 Å². The molecule has 1 N–H and O–H groups in total. The van der Waals surface area contributed by atoms with Crippen LogP contribution in [0.25, 0.3) is 17.0 Å². The fourth-order valence-electron chi connectivity index (χ4n) is 2.79. The maximum atomic E-state index is 13.2. The molecule has 4 aromatic rings. The van der Waals surface area contributed by atoms with Crippen LogP contribution in [0.3, 0.4) is 0 Å². The largest absolute Gasteiger partial charge is 0.475 e. The molecule has 0 amide bonds. The maximum absolute atomic E-state index is 13.2. The summed E-state index contributed by atoms with van der Waals surface area (Å²) in [4.78, 5) is 9.97. The summed E-state index contributed by atoms with van der Waals surface area (Å²) in [5.74, 6) is 0.218. The molecule has 0 aliphatic carbocycles. The standard InChI is InChI=1S/C19H15FN6O5S/c20-14-3-1-13(2-4-14)19-23-22-17-9-10-18(24-25(17)19)31-12-11-21-32(29,30)16-7-5-15(6-8-16)26(27)28/h1-10,21H,11-12H2. The van der Waals surface area contributed by atoms with Gasteiger partial charge in [0.1, 0.15) is 12.4 Å². The van der Waals surface area contributed by atoms with Crippen molar-refractivity contribution in [1.82, 2.24) is 24.5 Å². The number of nitro benzene ring substituents is 1. The quantitative estimate of drug-likeness (QED) is 0.241. The molecule has 11 nitrogen and oxygen atoms in total. The monoisotopic (exact) mass is 458 g/mol. The van der Waals surface area contributed by atoms with Crippen LogP contribution < -0.4 is 9.46 Å². The first-order valence-corrected chi connectivity index (χ1v) is 10.7. The van der Waals surface area contributed by atoms with Crippen LogP contribution in [0.15, 0.2) is 65.6 Å². The molecule has 164 valence electrons. The molecule has 2 heterocycles. The van der Waals surface area contributed by atoms with Crippen LogP contribution >= 0.6 is 0 Å².